The van der Waals surface area contributed by atoms with Crippen molar-refractivity contribution in [3.05, 3.63) is 48.5 Å². The Bertz CT molecular complexity index is 535. The monoisotopic (exact) mass is 222 g/mol. The summed E-state index contributed by atoms with van der Waals surface area (Å²) in [6, 6.07) is 17.1. The van der Waals surface area contributed by atoms with E-state index in [9.17, 15) is 0 Å². The van der Waals surface area contributed by atoms with Crippen LogP contribution in [0.5, 0.6) is 0 Å². The predicted octanol–water partition coefficient (Wildman–Crippen LogP) is 2.13. The van der Waals surface area contributed by atoms with Crippen LogP contribution in [0, 0.1) is 0 Å². The molecule has 1 aliphatic rings. The van der Waals surface area contributed by atoms with Crippen molar-refractivity contribution in [2.75, 3.05) is 0 Å². The zero-order valence-corrected chi connectivity index (χ0v) is 10.1. The van der Waals surface area contributed by atoms with Gasteiger partial charge in [0.15, 0.2) is 0 Å². The van der Waals surface area contributed by atoms with Gasteiger partial charge in [0.2, 0.25) is 0 Å². The van der Waals surface area contributed by atoms with Crippen LogP contribution in [-0.4, -0.2) is 17.9 Å². The summed E-state index contributed by atoms with van der Waals surface area (Å²) in [6.45, 7) is 0. The van der Waals surface area contributed by atoms with Gasteiger partial charge in [-0.1, -0.05) is 47.7 Å². The van der Waals surface area contributed by atoms with Gasteiger partial charge in [-0.25, -0.2) is 0 Å². The summed E-state index contributed by atoms with van der Waals surface area (Å²) >= 11 is 0. The van der Waals surface area contributed by atoms with Crippen molar-refractivity contribution >= 4 is 28.7 Å². The van der Waals surface area contributed by atoms with Gasteiger partial charge in [-0.05, 0) is 11.6 Å². The van der Waals surface area contributed by atoms with Crippen LogP contribution in [-0.2, 0) is 0 Å². The molecule has 3 radical (unpaired) electrons. The molecule has 1 aliphatic heterocycles. The van der Waals surface area contributed by atoms with Gasteiger partial charge < -0.3 is 4.63 Å². The molecule has 0 aromatic heterocycles. The number of fused-ring (bicyclic) bond motifs is 3. The van der Waals surface area contributed by atoms with E-state index in [1.54, 1.807) is 0 Å². The summed E-state index contributed by atoms with van der Waals surface area (Å²) in [5.74, 6) is 0. The highest BCUT2D eigenvalue weighted by Gasteiger charge is 2.10. The fourth-order valence-corrected chi connectivity index (χ4v) is 4.34. The van der Waals surface area contributed by atoms with Crippen LogP contribution in [0.25, 0.3) is 11.1 Å². The summed E-state index contributed by atoms with van der Waals surface area (Å²) < 4.78 is 4.64. The van der Waals surface area contributed by atoms with Crippen molar-refractivity contribution in [2.24, 2.45) is 4.63 Å². The molecule has 1 heterocycles. The summed E-state index contributed by atoms with van der Waals surface area (Å²) in [4.78, 5) is 0. The molecule has 69 valence electrons. The lowest BCUT2D eigenvalue weighted by atomic mass is 10.0. The van der Waals surface area contributed by atoms with Crippen molar-refractivity contribution in [1.29, 1.82) is 0 Å². The molecule has 0 saturated carbocycles. The molecule has 2 aromatic rings. The van der Waals surface area contributed by atoms with Gasteiger partial charge in [0.05, 0.1) is 5.69 Å². The Morgan fingerprint density at radius 2 is 1.53 bits per heavy atom. The maximum Gasteiger partial charge on any atom is 0.141 e. The van der Waals surface area contributed by atoms with E-state index in [-0.39, 0.29) is 0 Å². The second kappa shape index (κ2) is 3.68. The van der Waals surface area contributed by atoms with E-state index >= 15 is 0 Å². The molecular formula is C12H8NSi2. The first kappa shape index (κ1) is 8.94. The topological polar surface area (TPSA) is 12.4 Å². The van der Waals surface area contributed by atoms with Crippen molar-refractivity contribution in [1.82, 2.24) is 0 Å². The lowest BCUT2D eigenvalue weighted by Gasteiger charge is -2.07. The molecular weight excluding hydrogens is 214 g/mol. The first-order valence-electron chi connectivity index (χ1n) is 4.85. The van der Waals surface area contributed by atoms with E-state index in [0.717, 1.165) is 14.7 Å². The minimum absolute atomic E-state index is 0.682. The van der Waals surface area contributed by atoms with E-state index in [0.29, 0.717) is 8.83 Å². The van der Waals surface area contributed by atoms with Crippen LogP contribution < -0.4 is 5.19 Å². The highest BCUT2D eigenvalue weighted by Crippen LogP contribution is 2.29. The van der Waals surface area contributed by atoms with Gasteiger partial charge >= 0.3 is 0 Å². The van der Waals surface area contributed by atoms with Gasteiger partial charge in [0.1, 0.15) is 17.9 Å². The standard InChI is InChI=1S/C12H8NSi2/c1-3-7-11-9(5-1)10-6-2-4-8-12(10)14-15-13-11/h1-8H. The van der Waals surface area contributed by atoms with Crippen LogP contribution >= 0.6 is 0 Å². The Hall–Kier alpha value is -1.33. The molecule has 0 fully saturated rings. The van der Waals surface area contributed by atoms with E-state index < -0.39 is 0 Å². The molecule has 2 aromatic carbocycles. The third-order valence-corrected chi connectivity index (χ3v) is 5.14. The Labute approximate surface area is 93.3 Å². The Morgan fingerprint density at radius 3 is 2.47 bits per heavy atom. The van der Waals surface area contributed by atoms with E-state index in [1.807, 2.05) is 0 Å². The van der Waals surface area contributed by atoms with Gasteiger partial charge in [0.25, 0.3) is 0 Å². The molecule has 3 rings (SSSR count). The normalized spacial score (nSPS) is 12.8. The molecule has 0 atom stereocenters. The fraction of sp³-hybridized carbons (Fsp3) is 0. The maximum atomic E-state index is 4.64. The second-order valence-electron chi connectivity index (χ2n) is 3.41. The lowest BCUT2D eigenvalue weighted by Crippen LogP contribution is -2.17. The maximum absolute atomic E-state index is 4.64. The molecule has 3 heteroatoms. The molecule has 0 amide bonds. The average molecular weight is 222 g/mol. The molecule has 0 N–H and O–H groups in total. The minimum atomic E-state index is 0.682. The minimum Gasteiger partial charge on any atom is -0.304 e. The van der Waals surface area contributed by atoms with E-state index in [4.69, 9.17) is 0 Å². The Kier molecular flexibility index (Phi) is 2.19. The van der Waals surface area contributed by atoms with Crippen molar-refractivity contribution in [3.8, 4) is 11.1 Å². The zero-order chi connectivity index (χ0) is 10.1. The highest BCUT2D eigenvalue weighted by molar-refractivity contribution is 7.02. The zero-order valence-electron chi connectivity index (χ0n) is 8.07. The summed E-state index contributed by atoms with van der Waals surface area (Å²) in [6.07, 6.45) is 0. The molecule has 0 saturated heterocycles. The molecule has 1 nitrogen and oxygen atoms in total. The largest absolute Gasteiger partial charge is 0.304 e. The van der Waals surface area contributed by atoms with Crippen molar-refractivity contribution < 1.29 is 0 Å². The molecule has 0 spiro atoms. The quantitative estimate of drug-likeness (QED) is 0.606. The molecule has 15 heavy (non-hydrogen) atoms. The predicted molar refractivity (Wildman–Crippen MR) is 65.1 cm³/mol. The fourth-order valence-electron chi connectivity index (χ4n) is 1.77. The van der Waals surface area contributed by atoms with E-state index in [2.05, 4.69) is 53.2 Å². The summed E-state index contributed by atoms with van der Waals surface area (Å²) in [5.41, 5.74) is 3.79. The Morgan fingerprint density at radius 1 is 0.800 bits per heavy atom. The van der Waals surface area contributed by atoms with Crippen LogP contribution in [0.3, 0.4) is 0 Å². The first-order chi connectivity index (χ1) is 7.45. The molecule has 0 unspecified atom stereocenters. The number of rotatable bonds is 0. The summed E-state index contributed by atoms with van der Waals surface area (Å²) in [5, 5.41) is 1.45. The van der Waals surface area contributed by atoms with Crippen LogP contribution in [0.15, 0.2) is 53.2 Å². The van der Waals surface area contributed by atoms with Gasteiger partial charge in [-0.2, -0.15) is 0 Å². The average Bonchev–Trinajstić information content (AvgIpc) is 2.48. The van der Waals surface area contributed by atoms with Crippen LogP contribution in [0.2, 0.25) is 0 Å². The first-order valence-corrected chi connectivity index (χ1v) is 7.80. The number of hydrogen-bond donors (Lipinski definition) is 0. The lowest BCUT2D eigenvalue weighted by molar-refractivity contribution is 1.55. The van der Waals surface area contributed by atoms with Gasteiger partial charge in [-0.3, -0.25) is 0 Å². The third-order valence-electron chi connectivity index (χ3n) is 2.49. The Balaban J connectivity index is 2.33. The molecule has 0 bridgehead atoms. The molecule has 0 aliphatic carbocycles. The third kappa shape index (κ3) is 1.53. The van der Waals surface area contributed by atoms with Crippen LogP contribution in [0.4, 0.5) is 5.69 Å². The van der Waals surface area contributed by atoms with Crippen molar-refractivity contribution in [3.63, 3.8) is 0 Å². The number of hydrogen-bond acceptors (Lipinski definition) is 1. The SMILES string of the molecule is c1ccc2c(c1)N=[Si][Si]c1ccccc1-2. The van der Waals surface area contributed by atoms with E-state index in [1.165, 1.54) is 16.3 Å². The van der Waals surface area contributed by atoms with Crippen molar-refractivity contribution in [2.45, 2.75) is 0 Å². The highest BCUT2D eigenvalue weighted by atomic mass is 29.1. The van der Waals surface area contributed by atoms with Gasteiger partial charge in [-0.15, -0.1) is 0 Å². The smallest absolute Gasteiger partial charge is 0.141 e. The summed E-state index contributed by atoms with van der Waals surface area (Å²) in [7, 11) is 1.50. The number of nitrogens with zero attached hydrogens (tertiary/aromatic N) is 1. The van der Waals surface area contributed by atoms with Gasteiger partial charge in [0, 0.05) is 5.56 Å². The number of benzene rings is 2. The second-order valence-corrected chi connectivity index (χ2v) is 6.07. The van der Waals surface area contributed by atoms with Crippen LogP contribution in [0.1, 0.15) is 0 Å².